The molecule has 0 N–H and O–H groups in total. The van der Waals surface area contributed by atoms with Crippen LogP contribution in [-0.2, 0) is 12.8 Å². The Kier molecular flexibility index (Phi) is 4.53. The van der Waals surface area contributed by atoms with Crippen LogP contribution in [0.15, 0.2) is 48.5 Å². The van der Waals surface area contributed by atoms with E-state index in [0.29, 0.717) is 6.42 Å². The summed E-state index contributed by atoms with van der Waals surface area (Å²) < 4.78 is 12.2. The first-order valence-corrected chi connectivity index (χ1v) is 9.02. The third-order valence-corrected chi connectivity index (χ3v) is 5.03. The smallest absolute Gasteiger partial charge is 0.234 e. The molecule has 2 aromatic carbocycles. The molecule has 26 heavy (non-hydrogen) atoms. The molecule has 2 heterocycles. The van der Waals surface area contributed by atoms with Gasteiger partial charge >= 0.3 is 0 Å². The second-order valence-electron chi connectivity index (χ2n) is 5.86. The zero-order valence-corrected chi connectivity index (χ0v) is 15.4. The summed E-state index contributed by atoms with van der Waals surface area (Å²) in [6.07, 6.45) is 1.44. The van der Waals surface area contributed by atoms with Gasteiger partial charge in [-0.3, -0.25) is 0 Å². The minimum Gasteiger partial charge on any atom is -0.497 e. The fourth-order valence-electron chi connectivity index (χ4n) is 2.72. The molecule has 0 aliphatic carbocycles. The van der Waals surface area contributed by atoms with Crippen molar-refractivity contribution in [3.05, 3.63) is 70.5 Å². The van der Waals surface area contributed by atoms with Crippen molar-refractivity contribution in [1.29, 1.82) is 0 Å². The highest BCUT2D eigenvalue weighted by Crippen LogP contribution is 2.21. The Morgan fingerprint density at radius 1 is 0.808 bits per heavy atom. The topological polar surface area (TPSA) is 61.5 Å². The van der Waals surface area contributed by atoms with Crippen LogP contribution in [0.5, 0.6) is 11.5 Å². The van der Waals surface area contributed by atoms with E-state index in [1.165, 1.54) is 5.56 Å². The fraction of sp³-hybridized carbons (Fsp3) is 0.211. The summed E-state index contributed by atoms with van der Waals surface area (Å²) in [4.78, 5) is 0.817. The lowest BCUT2D eigenvalue weighted by atomic mass is 10.1. The second-order valence-corrected chi connectivity index (χ2v) is 6.90. The molecule has 0 amide bonds. The van der Waals surface area contributed by atoms with Crippen molar-refractivity contribution in [3.63, 3.8) is 0 Å². The molecule has 0 unspecified atom stereocenters. The molecule has 0 spiro atoms. The van der Waals surface area contributed by atoms with Gasteiger partial charge in [-0.25, -0.2) is 0 Å². The van der Waals surface area contributed by atoms with Crippen molar-refractivity contribution < 1.29 is 9.47 Å². The van der Waals surface area contributed by atoms with Crippen molar-refractivity contribution in [2.75, 3.05) is 14.2 Å². The number of hydrogen-bond donors (Lipinski definition) is 0. The SMILES string of the molecule is COc1ccc(Cc2nn3c(Cc4ccc(OC)cc4)nnc3s2)cc1. The molecule has 4 rings (SSSR count). The summed E-state index contributed by atoms with van der Waals surface area (Å²) in [6.45, 7) is 0. The Morgan fingerprint density at radius 2 is 1.38 bits per heavy atom. The van der Waals surface area contributed by atoms with Gasteiger partial charge in [0.15, 0.2) is 5.82 Å². The van der Waals surface area contributed by atoms with E-state index in [-0.39, 0.29) is 0 Å². The number of rotatable bonds is 6. The first-order valence-electron chi connectivity index (χ1n) is 8.21. The molecule has 0 radical (unpaired) electrons. The van der Waals surface area contributed by atoms with E-state index in [1.54, 1.807) is 25.6 Å². The van der Waals surface area contributed by atoms with Crippen LogP contribution in [0, 0.1) is 0 Å². The zero-order valence-electron chi connectivity index (χ0n) is 14.5. The Morgan fingerprint density at radius 3 is 1.96 bits per heavy atom. The molecule has 0 saturated heterocycles. The quantitative estimate of drug-likeness (QED) is 0.523. The second kappa shape index (κ2) is 7.13. The highest BCUT2D eigenvalue weighted by Gasteiger charge is 2.13. The molecule has 0 atom stereocenters. The van der Waals surface area contributed by atoms with Crippen LogP contribution in [-0.4, -0.2) is 34.0 Å². The van der Waals surface area contributed by atoms with Crippen molar-refractivity contribution >= 4 is 16.3 Å². The van der Waals surface area contributed by atoms with Crippen LogP contribution in [0.2, 0.25) is 0 Å². The molecule has 4 aromatic rings. The first kappa shape index (κ1) is 16.5. The van der Waals surface area contributed by atoms with Gasteiger partial charge in [0, 0.05) is 12.8 Å². The molecular formula is C19H18N4O2S. The Labute approximate surface area is 155 Å². The lowest BCUT2D eigenvalue weighted by molar-refractivity contribution is 0.414. The van der Waals surface area contributed by atoms with Gasteiger partial charge in [0.1, 0.15) is 16.5 Å². The van der Waals surface area contributed by atoms with Crippen LogP contribution in [0.25, 0.3) is 4.96 Å². The minimum atomic E-state index is 0.677. The van der Waals surface area contributed by atoms with E-state index >= 15 is 0 Å². The zero-order chi connectivity index (χ0) is 17.9. The van der Waals surface area contributed by atoms with Crippen molar-refractivity contribution in [2.24, 2.45) is 0 Å². The molecule has 0 aliphatic heterocycles. The monoisotopic (exact) mass is 366 g/mol. The number of nitrogens with zero attached hydrogens (tertiary/aromatic N) is 4. The van der Waals surface area contributed by atoms with E-state index in [1.807, 2.05) is 40.9 Å². The maximum absolute atomic E-state index is 5.20. The van der Waals surface area contributed by atoms with Crippen LogP contribution in [0.3, 0.4) is 0 Å². The molecule has 2 aromatic heterocycles. The Bertz CT molecular complexity index is 1010. The lowest BCUT2D eigenvalue weighted by Gasteiger charge is -2.02. The molecule has 0 bridgehead atoms. The van der Waals surface area contributed by atoms with Crippen LogP contribution in [0.1, 0.15) is 22.0 Å². The Hall–Kier alpha value is -2.93. The van der Waals surface area contributed by atoms with E-state index in [4.69, 9.17) is 14.6 Å². The number of ether oxygens (including phenoxy) is 2. The van der Waals surface area contributed by atoms with Gasteiger partial charge in [-0.2, -0.15) is 9.61 Å². The van der Waals surface area contributed by atoms with Gasteiger partial charge < -0.3 is 9.47 Å². The number of aromatic nitrogens is 4. The number of benzene rings is 2. The lowest BCUT2D eigenvalue weighted by Crippen LogP contribution is -1.99. The van der Waals surface area contributed by atoms with Gasteiger partial charge in [0.2, 0.25) is 4.96 Å². The molecule has 7 heteroatoms. The third kappa shape index (κ3) is 3.39. The number of fused-ring (bicyclic) bond motifs is 1. The molecule has 132 valence electrons. The average molecular weight is 366 g/mol. The predicted molar refractivity (Wildman–Crippen MR) is 100 cm³/mol. The average Bonchev–Trinajstić information content (AvgIpc) is 3.24. The van der Waals surface area contributed by atoms with Crippen molar-refractivity contribution in [2.45, 2.75) is 12.8 Å². The summed E-state index contributed by atoms with van der Waals surface area (Å²) in [5, 5.41) is 14.2. The van der Waals surface area contributed by atoms with Crippen LogP contribution in [0.4, 0.5) is 0 Å². The molecule has 0 aliphatic rings. The molecular weight excluding hydrogens is 348 g/mol. The Balaban J connectivity index is 1.53. The van der Waals surface area contributed by atoms with Crippen LogP contribution >= 0.6 is 11.3 Å². The highest BCUT2D eigenvalue weighted by atomic mass is 32.1. The summed E-state index contributed by atoms with van der Waals surface area (Å²) >= 11 is 1.57. The van der Waals surface area contributed by atoms with Gasteiger partial charge in [-0.1, -0.05) is 35.6 Å². The maximum Gasteiger partial charge on any atom is 0.234 e. The maximum atomic E-state index is 5.20. The largest absolute Gasteiger partial charge is 0.497 e. The summed E-state index contributed by atoms with van der Waals surface area (Å²) in [7, 11) is 3.33. The fourth-order valence-corrected chi connectivity index (χ4v) is 3.61. The van der Waals surface area contributed by atoms with E-state index in [9.17, 15) is 0 Å². The number of methoxy groups -OCH3 is 2. The van der Waals surface area contributed by atoms with Crippen molar-refractivity contribution in [1.82, 2.24) is 19.8 Å². The van der Waals surface area contributed by atoms with Gasteiger partial charge in [0.25, 0.3) is 0 Å². The molecule has 0 saturated carbocycles. The highest BCUT2D eigenvalue weighted by molar-refractivity contribution is 7.16. The molecule has 6 nitrogen and oxygen atoms in total. The van der Waals surface area contributed by atoms with E-state index < -0.39 is 0 Å². The van der Waals surface area contributed by atoms with E-state index in [2.05, 4.69) is 22.3 Å². The van der Waals surface area contributed by atoms with Crippen molar-refractivity contribution in [3.8, 4) is 11.5 Å². The minimum absolute atomic E-state index is 0.677. The summed E-state index contributed by atoms with van der Waals surface area (Å²) in [6, 6.07) is 16.0. The first-order chi connectivity index (χ1) is 12.7. The molecule has 0 fully saturated rings. The summed E-state index contributed by atoms with van der Waals surface area (Å²) in [5.74, 6) is 2.53. The normalized spacial score (nSPS) is 11.0. The third-order valence-electron chi connectivity index (χ3n) is 4.13. The van der Waals surface area contributed by atoms with Gasteiger partial charge in [0.05, 0.1) is 14.2 Å². The predicted octanol–water partition coefficient (Wildman–Crippen LogP) is 3.38. The number of hydrogen-bond acceptors (Lipinski definition) is 6. The van der Waals surface area contributed by atoms with Gasteiger partial charge in [-0.05, 0) is 35.4 Å². The van der Waals surface area contributed by atoms with E-state index in [0.717, 1.165) is 39.3 Å². The van der Waals surface area contributed by atoms with Gasteiger partial charge in [-0.15, -0.1) is 10.2 Å². The summed E-state index contributed by atoms with van der Waals surface area (Å²) in [5.41, 5.74) is 2.33. The standard InChI is InChI=1S/C19H18N4O2S/c1-24-15-7-3-13(4-8-15)11-17-20-21-19-23(17)22-18(26-19)12-14-5-9-16(25-2)10-6-14/h3-10H,11-12H2,1-2H3. The van der Waals surface area contributed by atoms with Crippen LogP contribution < -0.4 is 9.47 Å².